The molecule has 1 atom stereocenters. The number of rotatable bonds is 3. The van der Waals surface area contributed by atoms with E-state index in [0.717, 1.165) is 21.5 Å². The van der Waals surface area contributed by atoms with Crippen LogP contribution < -0.4 is 10.5 Å². The molecule has 0 aliphatic rings. The van der Waals surface area contributed by atoms with Crippen molar-refractivity contribution in [1.29, 1.82) is 0 Å². The Morgan fingerprint density at radius 3 is 1.88 bits per heavy atom. The second-order valence-corrected chi connectivity index (χ2v) is 4.83. The molecule has 0 heterocycles. The Labute approximate surface area is 110 Å². The Morgan fingerprint density at radius 1 is 0.941 bits per heavy atom. The lowest BCUT2D eigenvalue weighted by atomic mass is 10.1. The fourth-order valence-electron chi connectivity index (χ4n) is 1.48. The van der Waals surface area contributed by atoms with Crippen LogP contribution in [-0.2, 0) is 0 Å². The van der Waals surface area contributed by atoms with Gasteiger partial charge in [0.1, 0.15) is 11.5 Å². The Bertz CT molecular complexity index is 477. The first-order valence-corrected chi connectivity index (χ1v) is 6.23. The van der Waals surface area contributed by atoms with Crippen LogP contribution in [0.4, 0.5) is 0 Å². The smallest absolute Gasteiger partial charge is 0.127 e. The van der Waals surface area contributed by atoms with Crippen LogP contribution in [0.25, 0.3) is 0 Å². The van der Waals surface area contributed by atoms with E-state index in [1.54, 1.807) is 0 Å². The van der Waals surface area contributed by atoms with Gasteiger partial charge >= 0.3 is 0 Å². The minimum absolute atomic E-state index is 0.0525. The normalized spacial score (nSPS) is 12.2. The van der Waals surface area contributed by atoms with E-state index in [9.17, 15) is 0 Å². The van der Waals surface area contributed by atoms with Crippen LogP contribution in [0.2, 0.25) is 0 Å². The molecule has 0 spiro atoms. The molecule has 3 heteroatoms. The number of benzene rings is 2. The van der Waals surface area contributed by atoms with Crippen molar-refractivity contribution < 1.29 is 4.74 Å². The summed E-state index contributed by atoms with van der Waals surface area (Å²) >= 11 is 3.39. The van der Waals surface area contributed by atoms with Gasteiger partial charge in [0.05, 0.1) is 0 Å². The third-order valence-electron chi connectivity index (χ3n) is 2.46. The van der Waals surface area contributed by atoms with E-state index < -0.39 is 0 Å². The van der Waals surface area contributed by atoms with Gasteiger partial charge in [-0.05, 0) is 48.9 Å². The molecule has 0 aliphatic heterocycles. The zero-order valence-electron chi connectivity index (χ0n) is 9.56. The lowest BCUT2D eigenvalue weighted by Gasteiger charge is -2.08. The number of halogens is 1. The average molecular weight is 292 g/mol. The van der Waals surface area contributed by atoms with Crippen molar-refractivity contribution in [3.63, 3.8) is 0 Å². The lowest BCUT2D eigenvalue weighted by Crippen LogP contribution is -2.04. The van der Waals surface area contributed by atoms with E-state index in [4.69, 9.17) is 10.5 Å². The maximum Gasteiger partial charge on any atom is 0.127 e. The lowest BCUT2D eigenvalue weighted by molar-refractivity contribution is 0.482. The van der Waals surface area contributed by atoms with E-state index in [1.165, 1.54) is 0 Å². The van der Waals surface area contributed by atoms with Crippen LogP contribution in [0, 0.1) is 0 Å². The highest BCUT2D eigenvalue weighted by Crippen LogP contribution is 2.24. The molecule has 2 aromatic rings. The van der Waals surface area contributed by atoms with Crippen molar-refractivity contribution >= 4 is 15.9 Å². The molecule has 0 amide bonds. The number of nitrogens with two attached hydrogens (primary N) is 1. The van der Waals surface area contributed by atoms with Crippen LogP contribution in [0.15, 0.2) is 53.0 Å². The summed E-state index contributed by atoms with van der Waals surface area (Å²) in [4.78, 5) is 0. The highest BCUT2D eigenvalue weighted by molar-refractivity contribution is 9.10. The van der Waals surface area contributed by atoms with Gasteiger partial charge < -0.3 is 10.5 Å². The molecule has 2 aromatic carbocycles. The van der Waals surface area contributed by atoms with E-state index in [2.05, 4.69) is 15.9 Å². The van der Waals surface area contributed by atoms with E-state index in [0.29, 0.717) is 0 Å². The molecule has 0 bridgehead atoms. The fraction of sp³-hybridized carbons (Fsp3) is 0.143. The van der Waals surface area contributed by atoms with Gasteiger partial charge in [-0.15, -0.1) is 0 Å². The predicted octanol–water partition coefficient (Wildman–Crippen LogP) is 4.26. The molecule has 88 valence electrons. The van der Waals surface area contributed by atoms with Crippen molar-refractivity contribution in [1.82, 2.24) is 0 Å². The molecule has 0 aliphatic carbocycles. The summed E-state index contributed by atoms with van der Waals surface area (Å²) in [6.07, 6.45) is 0. The van der Waals surface area contributed by atoms with Crippen LogP contribution >= 0.6 is 15.9 Å². The standard InChI is InChI=1S/C14H14BrNO/c1-10(16)11-2-6-13(7-3-11)17-14-8-4-12(15)5-9-14/h2-10H,16H2,1H3/t10-/m1/s1. The van der Waals surface area contributed by atoms with Crippen molar-refractivity contribution in [2.24, 2.45) is 5.73 Å². The highest BCUT2D eigenvalue weighted by atomic mass is 79.9. The maximum atomic E-state index is 5.79. The monoisotopic (exact) mass is 291 g/mol. The first kappa shape index (κ1) is 12.1. The molecule has 2 nitrogen and oxygen atoms in total. The Hall–Kier alpha value is -1.32. The molecule has 0 fully saturated rings. The quantitative estimate of drug-likeness (QED) is 0.917. The van der Waals surface area contributed by atoms with Crippen molar-refractivity contribution in [2.75, 3.05) is 0 Å². The molecule has 2 rings (SSSR count). The Kier molecular flexibility index (Phi) is 3.82. The van der Waals surface area contributed by atoms with Crippen molar-refractivity contribution in [3.05, 3.63) is 58.6 Å². The summed E-state index contributed by atoms with van der Waals surface area (Å²) in [6.45, 7) is 1.96. The van der Waals surface area contributed by atoms with E-state index >= 15 is 0 Å². The zero-order valence-corrected chi connectivity index (χ0v) is 11.1. The number of ether oxygens (including phenoxy) is 1. The molecule has 2 N–H and O–H groups in total. The summed E-state index contributed by atoms with van der Waals surface area (Å²) in [5.41, 5.74) is 6.89. The summed E-state index contributed by atoms with van der Waals surface area (Å²) in [5.74, 6) is 1.64. The zero-order chi connectivity index (χ0) is 12.3. The van der Waals surface area contributed by atoms with Gasteiger partial charge in [-0.2, -0.15) is 0 Å². The third-order valence-corrected chi connectivity index (χ3v) is 2.98. The fourth-order valence-corrected chi connectivity index (χ4v) is 1.74. The van der Waals surface area contributed by atoms with Gasteiger partial charge in [0, 0.05) is 10.5 Å². The van der Waals surface area contributed by atoms with Crippen molar-refractivity contribution in [3.8, 4) is 11.5 Å². The Morgan fingerprint density at radius 2 is 1.41 bits per heavy atom. The summed E-state index contributed by atoms with van der Waals surface area (Å²) < 4.78 is 6.75. The van der Waals surface area contributed by atoms with E-state index in [-0.39, 0.29) is 6.04 Å². The van der Waals surface area contributed by atoms with Crippen LogP contribution in [0.3, 0.4) is 0 Å². The minimum atomic E-state index is 0.0525. The number of hydrogen-bond donors (Lipinski definition) is 1. The van der Waals surface area contributed by atoms with Crippen LogP contribution in [0.5, 0.6) is 11.5 Å². The third kappa shape index (κ3) is 3.32. The first-order chi connectivity index (χ1) is 8.15. The van der Waals surface area contributed by atoms with Gasteiger partial charge in [-0.3, -0.25) is 0 Å². The van der Waals surface area contributed by atoms with Gasteiger partial charge in [0.25, 0.3) is 0 Å². The molecule has 0 aromatic heterocycles. The molecule has 0 unspecified atom stereocenters. The van der Waals surface area contributed by atoms with Crippen molar-refractivity contribution in [2.45, 2.75) is 13.0 Å². The largest absolute Gasteiger partial charge is 0.457 e. The molecule has 0 radical (unpaired) electrons. The topological polar surface area (TPSA) is 35.2 Å². The minimum Gasteiger partial charge on any atom is -0.457 e. The molecular formula is C14H14BrNO. The number of hydrogen-bond acceptors (Lipinski definition) is 2. The van der Waals surface area contributed by atoms with Gasteiger partial charge in [-0.25, -0.2) is 0 Å². The second kappa shape index (κ2) is 5.34. The molecular weight excluding hydrogens is 278 g/mol. The Balaban J connectivity index is 2.11. The van der Waals surface area contributed by atoms with Gasteiger partial charge in [-0.1, -0.05) is 28.1 Å². The van der Waals surface area contributed by atoms with Gasteiger partial charge in [0.15, 0.2) is 0 Å². The molecule has 0 saturated carbocycles. The van der Waals surface area contributed by atoms with E-state index in [1.807, 2.05) is 55.5 Å². The first-order valence-electron chi connectivity index (χ1n) is 5.44. The predicted molar refractivity (Wildman–Crippen MR) is 73.3 cm³/mol. The van der Waals surface area contributed by atoms with Crippen LogP contribution in [-0.4, -0.2) is 0 Å². The average Bonchev–Trinajstić information content (AvgIpc) is 2.33. The molecule has 17 heavy (non-hydrogen) atoms. The summed E-state index contributed by atoms with van der Waals surface area (Å²) in [7, 11) is 0. The summed E-state index contributed by atoms with van der Waals surface area (Å²) in [6, 6.07) is 15.6. The maximum absolute atomic E-state index is 5.79. The SMILES string of the molecule is C[C@@H](N)c1ccc(Oc2ccc(Br)cc2)cc1. The highest BCUT2D eigenvalue weighted by Gasteiger charge is 2.00. The summed E-state index contributed by atoms with van der Waals surface area (Å²) in [5, 5.41) is 0. The second-order valence-electron chi connectivity index (χ2n) is 3.91. The van der Waals surface area contributed by atoms with Crippen LogP contribution in [0.1, 0.15) is 18.5 Å². The molecule has 0 saturated heterocycles. The van der Waals surface area contributed by atoms with Gasteiger partial charge in [0.2, 0.25) is 0 Å².